The molecule has 41 heavy (non-hydrogen) atoms. The largest absolute Gasteiger partial charge is 0.487 e. The van der Waals surface area contributed by atoms with Gasteiger partial charge in [-0.15, -0.1) is 28.7 Å². The Bertz CT molecular complexity index is 1070. The molecule has 0 bridgehead atoms. The van der Waals surface area contributed by atoms with E-state index in [0.29, 0.717) is 13.2 Å². The molecule has 8 heteroatoms. The van der Waals surface area contributed by atoms with Crippen molar-refractivity contribution in [2.45, 2.75) is 97.4 Å². The van der Waals surface area contributed by atoms with E-state index in [4.69, 9.17) is 9.47 Å². The van der Waals surface area contributed by atoms with Gasteiger partial charge >= 0.3 is 0 Å². The average Bonchev–Trinajstić information content (AvgIpc) is 3.36. The fourth-order valence-electron chi connectivity index (χ4n) is 4.77. The molecule has 2 aromatic rings. The lowest BCUT2D eigenvalue weighted by Crippen LogP contribution is -2.23. The summed E-state index contributed by atoms with van der Waals surface area (Å²) in [7, 11) is 0. The summed E-state index contributed by atoms with van der Waals surface area (Å²) in [6, 6.07) is 12.3. The van der Waals surface area contributed by atoms with Crippen molar-refractivity contribution in [3.05, 3.63) is 65.0 Å². The van der Waals surface area contributed by atoms with Crippen LogP contribution < -0.4 is 14.8 Å². The van der Waals surface area contributed by atoms with Gasteiger partial charge in [-0.2, -0.15) is 0 Å². The second-order valence-corrected chi connectivity index (χ2v) is 11.4. The van der Waals surface area contributed by atoms with Gasteiger partial charge in [0.15, 0.2) is 23.9 Å². The first-order chi connectivity index (χ1) is 19.6. The van der Waals surface area contributed by atoms with Crippen molar-refractivity contribution in [3.8, 4) is 11.5 Å². The summed E-state index contributed by atoms with van der Waals surface area (Å²) >= 11 is 1.77. The first-order valence-corrected chi connectivity index (χ1v) is 16.1. The Morgan fingerprint density at radius 2 is 1.56 bits per heavy atom. The summed E-state index contributed by atoms with van der Waals surface area (Å²) in [5.41, 5.74) is 3.00. The number of hydrogen-bond acceptors (Lipinski definition) is 5. The van der Waals surface area contributed by atoms with Crippen LogP contribution in [0.15, 0.2) is 53.6 Å². The van der Waals surface area contributed by atoms with E-state index in [9.17, 15) is 9.18 Å². The van der Waals surface area contributed by atoms with E-state index in [-0.39, 0.29) is 41.0 Å². The fraction of sp³-hybridized carbons (Fsp3) is 0.545. The zero-order chi connectivity index (χ0) is 28.4. The Hall–Kier alpha value is -2.19. The highest BCUT2D eigenvalue weighted by Crippen LogP contribution is 2.31. The van der Waals surface area contributed by atoms with Crippen LogP contribution >= 0.6 is 28.7 Å². The average molecular weight is 652 g/mol. The summed E-state index contributed by atoms with van der Waals surface area (Å²) in [5, 5.41) is 5.09. The molecule has 2 aromatic carbocycles. The molecule has 3 rings (SSSR count). The number of anilines is 1. The maximum absolute atomic E-state index is 14.5. The molecule has 0 saturated heterocycles. The number of unbranched alkanes of at least 4 members (excludes halogenated alkanes) is 11. The molecule has 0 unspecified atom stereocenters. The summed E-state index contributed by atoms with van der Waals surface area (Å²) in [6.07, 6.45) is 15.1. The Balaban J connectivity index is 0.00000588. The number of nitrogens with zero attached hydrogens (tertiary/aromatic N) is 1. The van der Waals surface area contributed by atoms with Crippen LogP contribution in [-0.4, -0.2) is 29.9 Å². The third-order valence-corrected chi connectivity index (χ3v) is 8.14. The lowest BCUT2D eigenvalue weighted by Gasteiger charge is -2.21. The molecule has 0 aromatic heterocycles. The van der Waals surface area contributed by atoms with Crippen LogP contribution in [0.1, 0.15) is 96.5 Å². The number of thioether (sulfide) groups is 1. The second-order valence-electron chi connectivity index (χ2n) is 10.6. The Morgan fingerprint density at radius 1 is 0.902 bits per heavy atom. The maximum Gasteiger partial charge on any atom is 0.262 e. The van der Waals surface area contributed by atoms with Gasteiger partial charge in [0.05, 0.1) is 12.5 Å². The molecule has 0 radical (unpaired) electrons. The predicted octanol–water partition coefficient (Wildman–Crippen LogP) is 9.87. The number of rotatable bonds is 20. The van der Waals surface area contributed by atoms with Crippen molar-refractivity contribution in [2.24, 2.45) is 0 Å². The Kier molecular flexibility index (Phi) is 17.6. The molecule has 1 amide bonds. The number of halogens is 2. The maximum atomic E-state index is 14.5. The molecule has 1 aliphatic heterocycles. The molecule has 5 nitrogen and oxygen atoms in total. The van der Waals surface area contributed by atoms with E-state index < -0.39 is 5.82 Å². The highest BCUT2D eigenvalue weighted by atomic mass is 79.9. The molecule has 228 valence electrons. The first-order valence-electron chi connectivity index (χ1n) is 15.0. The lowest BCUT2D eigenvalue weighted by atomic mass is 10.1. The van der Waals surface area contributed by atoms with E-state index in [2.05, 4.69) is 29.5 Å². The minimum absolute atomic E-state index is 0. The third kappa shape index (κ3) is 13.1. The van der Waals surface area contributed by atoms with Crippen LogP contribution in [-0.2, 0) is 11.3 Å². The molecule has 1 aliphatic rings. The van der Waals surface area contributed by atoms with Gasteiger partial charge in [-0.05, 0) is 42.5 Å². The Labute approximate surface area is 261 Å². The molecule has 0 atom stereocenters. The molecule has 0 fully saturated rings. The smallest absolute Gasteiger partial charge is 0.262 e. The van der Waals surface area contributed by atoms with Crippen molar-refractivity contribution in [1.82, 2.24) is 4.90 Å². The number of para-hydroxylation sites is 2. The second kappa shape index (κ2) is 20.6. The highest BCUT2D eigenvalue weighted by Gasteiger charge is 2.16. The van der Waals surface area contributed by atoms with Gasteiger partial charge in [-0.1, -0.05) is 102 Å². The molecule has 0 aliphatic carbocycles. The highest BCUT2D eigenvalue weighted by molar-refractivity contribution is 8.93. The van der Waals surface area contributed by atoms with Crippen molar-refractivity contribution in [2.75, 3.05) is 24.4 Å². The SMILES string of the molecule is Br.CCCCCCCCCCCCCCOc1c(F)cccc1OCC(=O)Nc1ccccc1CN1CSC=C1C. The van der Waals surface area contributed by atoms with Crippen molar-refractivity contribution < 1.29 is 18.7 Å². The van der Waals surface area contributed by atoms with Gasteiger partial charge in [0.2, 0.25) is 0 Å². The van der Waals surface area contributed by atoms with E-state index >= 15 is 0 Å². The number of amides is 1. The number of hydrogen-bond donors (Lipinski definition) is 1. The van der Waals surface area contributed by atoms with Crippen LogP contribution in [0.2, 0.25) is 0 Å². The minimum Gasteiger partial charge on any atom is -0.487 e. The number of carbonyl (C=O) groups excluding carboxylic acids is 1. The minimum atomic E-state index is -0.478. The first kappa shape index (κ1) is 35.0. The zero-order valence-electron chi connectivity index (χ0n) is 24.8. The van der Waals surface area contributed by atoms with Gasteiger partial charge in [0.25, 0.3) is 5.91 Å². The number of nitrogens with one attached hydrogen (secondary N) is 1. The van der Waals surface area contributed by atoms with Gasteiger partial charge in [-0.25, -0.2) is 4.39 Å². The summed E-state index contributed by atoms with van der Waals surface area (Å²) in [6.45, 7) is 5.26. The monoisotopic (exact) mass is 650 g/mol. The quantitative estimate of drug-likeness (QED) is 0.145. The third-order valence-electron chi connectivity index (χ3n) is 7.17. The van der Waals surface area contributed by atoms with E-state index in [1.165, 1.54) is 76.0 Å². The van der Waals surface area contributed by atoms with E-state index in [0.717, 1.165) is 30.0 Å². The number of ether oxygens (including phenoxy) is 2. The predicted molar refractivity (Wildman–Crippen MR) is 176 cm³/mol. The van der Waals surface area contributed by atoms with E-state index in [1.807, 2.05) is 24.3 Å². The zero-order valence-corrected chi connectivity index (χ0v) is 27.3. The molecule has 1 N–H and O–H groups in total. The van der Waals surface area contributed by atoms with Gasteiger partial charge in [0, 0.05) is 17.9 Å². The Morgan fingerprint density at radius 3 is 2.22 bits per heavy atom. The van der Waals surface area contributed by atoms with Crippen molar-refractivity contribution in [1.29, 1.82) is 0 Å². The van der Waals surface area contributed by atoms with E-state index in [1.54, 1.807) is 23.9 Å². The molecule has 1 heterocycles. The van der Waals surface area contributed by atoms with Crippen LogP contribution in [0, 0.1) is 5.82 Å². The topological polar surface area (TPSA) is 50.8 Å². The van der Waals surface area contributed by atoms with Gasteiger partial charge in [-0.3, -0.25) is 4.79 Å². The summed E-state index contributed by atoms with van der Waals surface area (Å²) < 4.78 is 26.0. The van der Waals surface area contributed by atoms with Crippen LogP contribution in [0.4, 0.5) is 10.1 Å². The van der Waals surface area contributed by atoms with Crippen LogP contribution in [0.25, 0.3) is 0 Å². The summed E-state index contributed by atoms with van der Waals surface area (Å²) in [5.74, 6) is 0.448. The standard InChI is InChI=1S/C33H47FN2O3S.BrH/c1-3-4-5-6-7-8-9-10-11-12-13-16-22-38-33-29(34)19-17-21-31(33)39-24-32(37)35-30-20-15-14-18-28(30)23-36-26-40-25-27(36)2;/h14-15,17-21,25H,3-13,16,22-24,26H2,1-2H3,(H,35,37);1H. The summed E-state index contributed by atoms with van der Waals surface area (Å²) in [4.78, 5) is 15.0. The lowest BCUT2D eigenvalue weighted by molar-refractivity contribution is -0.118. The van der Waals surface area contributed by atoms with Crippen LogP contribution in [0.5, 0.6) is 11.5 Å². The molecular formula is C33H48BrFN2O3S. The van der Waals surface area contributed by atoms with Crippen molar-refractivity contribution >= 4 is 40.3 Å². The molecular weight excluding hydrogens is 603 g/mol. The normalized spacial score (nSPS) is 12.6. The van der Waals surface area contributed by atoms with Crippen LogP contribution in [0.3, 0.4) is 0 Å². The van der Waals surface area contributed by atoms with Gasteiger partial charge in [0.1, 0.15) is 0 Å². The number of benzene rings is 2. The number of carbonyl (C=O) groups is 1. The molecule has 0 spiro atoms. The fourth-order valence-corrected chi connectivity index (χ4v) is 5.71. The molecule has 0 saturated carbocycles. The number of allylic oxidation sites excluding steroid dienone is 1. The van der Waals surface area contributed by atoms with Crippen molar-refractivity contribution in [3.63, 3.8) is 0 Å². The van der Waals surface area contributed by atoms with Gasteiger partial charge < -0.3 is 19.7 Å².